The molecule has 4 nitrogen and oxygen atoms in total. The highest BCUT2D eigenvalue weighted by Crippen LogP contribution is 2.32. The molecule has 0 aromatic heterocycles. The summed E-state index contributed by atoms with van der Waals surface area (Å²) in [7, 11) is 0. The first-order valence-electron chi connectivity index (χ1n) is 5.87. The minimum absolute atomic E-state index is 0.347. The second-order valence-corrected chi connectivity index (χ2v) is 4.63. The lowest BCUT2D eigenvalue weighted by molar-refractivity contribution is -0.139. The molecule has 0 N–H and O–H groups in total. The van der Waals surface area contributed by atoms with Crippen molar-refractivity contribution >= 4 is 11.9 Å². The molecule has 4 heteroatoms. The fourth-order valence-electron chi connectivity index (χ4n) is 2.16. The number of esters is 1. The summed E-state index contributed by atoms with van der Waals surface area (Å²) in [6.45, 7) is 1.87. The van der Waals surface area contributed by atoms with Crippen molar-refractivity contribution in [2.75, 3.05) is 0 Å². The van der Waals surface area contributed by atoms with Gasteiger partial charge in [-0.05, 0) is 25.1 Å². The van der Waals surface area contributed by atoms with Gasteiger partial charge in [0.05, 0.1) is 6.26 Å². The van der Waals surface area contributed by atoms with E-state index in [2.05, 4.69) is 4.99 Å². The fraction of sp³-hybridized carbons (Fsp3) is 0.286. The monoisotopic (exact) mass is 243 g/mol. The number of ether oxygens (including phenoxy) is 2. The van der Waals surface area contributed by atoms with Crippen molar-refractivity contribution < 1.29 is 14.3 Å². The Bertz CT molecular complexity index is 525. The van der Waals surface area contributed by atoms with Gasteiger partial charge in [-0.25, -0.2) is 9.79 Å². The zero-order valence-electron chi connectivity index (χ0n) is 10.00. The van der Waals surface area contributed by atoms with E-state index in [0.717, 1.165) is 5.56 Å². The van der Waals surface area contributed by atoms with Gasteiger partial charge in [-0.15, -0.1) is 0 Å². The molecule has 0 bridgehead atoms. The maximum atomic E-state index is 11.9. The lowest BCUT2D eigenvalue weighted by atomic mass is 9.94. The molecular weight excluding hydrogens is 230 g/mol. The molecule has 2 heterocycles. The van der Waals surface area contributed by atoms with E-state index in [-0.39, 0.29) is 5.97 Å². The average molecular weight is 243 g/mol. The quantitative estimate of drug-likeness (QED) is 0.747. The van der Waals surface area contributed by atoms with Gasteiger partial charge < -0.3 is 9.47 Å². The molecule has 0 fully saturated rings. The fourth-order valence-corrected chi connectivity index (χ4v) is 2.16. The van der Waals surface area contributed by atoms with E-state index < -0.39 is 11.6 Å². The van der Waals surface area contributed by atoms with Crippen LogP contribution in [0.1, 0.15) is 18.9 Å². The molecule has 0 saturated heterocycles. The second kappa shape index (κ2) is 3.98. The average Bonchev–Trinajstić information content (AvgIpc) is 2.98. The van der Waals surface area contributed by atoms with E-state index in [0.29, 0.717) is 12.3 Å². The summed E-state index contributed by atoms with van der Waals surface area (Å²) in [4.78, 5) is 16.3. The van der Waals surface area contributed by atoms with E-state index in [1.807, 2.05) is 43.3 Å². The van der Waals surface area contributed by atoms with Gasteiger partial charge >= 0.3 is 5.97 Å². The lowest BCUT2D eigenvalue weighted by Crippen LogP contribution is -2.41. The van der Waals surface area contributed by atoms with Crippen LogP contribution in [0.25, 0.3) is 0 Å². The predicted octanol–water partition coefficient (Wildman–Crippen LogP) is 2.05. The minimum Gasteiger partial charge on any atom is -0.492 e. The highest BCUT2D eigenvalue weighted by Gasteiger charge is 2.47. The molecule has 0 radical (unpaired) electrons. The number of carbonyl (C=O) groups is 1. The van der Waals surface area contributed by atoms with E-state index >= 15 is 0 Å². The molecule has 18 heavy (non-hydrogen) atoms. The number of hydrogen-bond donors (Lipinski definition) is 0. The van der Waals surface area contributed by atoms with Crippen LogP contribution in [-0.2, 0) is 14.3 Å². The van der Waals surface area contributed by atoms with Crippen LogP contribution in [0.4, 0.5) is 0 Å². The molecule has 1 aromatic rings. The zero-order chi connectivity index (χ0) is 12.6. The number of cyclic esters (lactones) is 1. The molecule has 0 aliphatic carbocycles. The van der Waals surface area contributed by atoms with Gasteiger partial charge in [-0.2, -0.15) is 0 Å². The predicted molar refractivity (Wildman–Crippen MR) is 66.1 cm³/mol. The first-order chi connectivity index (χ1) is 8.69. The Morgan fingerprint density at radius 1 is 1.33 bits per heavy atom. The highest BCUT2D eigenvalue weighted by atomic mass is 16.6. The summed E-state index contributed by atoms with van der Waals surface area (Å²) in [5.41, 5.74) is 0.191. The molecular formula is C14H13NO3. The van der Waals surface area contributed by atoms with Gasteiger partial charge in [0.15, 0.2) is 6.04 Å². The van der Waals surface area contributed by atoms with Crippen LogP contribution in [0.2, 0.25) is 0 Å². The summed E-state index contributed by atoms with van der Waals surface area (Å²) in [6, 6.07) is 8.81. The zero-order valence-corrected chi connectivity index (χ0v) is 10.00. The van der Waals surface area contributed by atoms with Crippen LogP contribution < -0.4 is 0 Å². The molecule has 0 saturated carbocycles. The normalized spacial score (nSPS) is 29.9. The van der Waals surface area contributed by atoms with Crippen LogP contribution in [-0.4, -0.2) is 23.5 Å². The smallest absolute Gasteiger partial charge is 0.341 e. The molecule has 92 valence electrons. The van der Waals surface area contributed by atoms with Gasteiger partial charge in [0, 0.05) is 12.0 Å². The Kier molecular flexibility index (Phi) is 2.44. The van der Waals surface area contributed by atoms with Crippen LogP contribution in [0.3, 0.4) is 0 Å². The van der Waals surface area contributed by atoms with E-state index in [1.165, 1.54) is 0 Å². The Hall–Kier alpha value is -2.10. The Morgan fingerprint density at radius 2 is 2.11 bits per heavy atom. The van der Waals surface area contributed by atoms with Crippen molar-refractivity contribution in [2.24, 2.45) is 4.99 Å². The topological polar surface area (TPSA) is 47.9 Å². The SMILES string of the molecule is CC1(C2N=C(c3ccccc3)OC2=O)CC=CO1. The maximum Gasteiger partial charge on any atom is 0.341 e. The number of carbonyl (C=O) groups excluding carboxylic acids is 1. The van der Waals surface area contributed by atoms with Gasteiger partial charge in [-0.3, -0.25) is 0 Å². The Labute approximate surface area is 105 Å². The summed E-state index contributed by atoms with van der Waals surface area (Å²) in [5, 5.41) is 0. The van der Waals surface area contributed by atoms with Gasteiger partial charge in [0.2, 0.25) is 5.90 Å². The number of hydrogen-bond acceptors (Lipinski definition) is 4. The van der Waals surface area contributed by atoms with Crippen LogP contribution in [0.5, 0.6) is 0 Å². The van der Waals surface area contributed by atoms with Crippen molar-refractivity contribution in [3.63, 3.8) is 0 Å². The molecule has 1 aromatic carbocycles. The third kappa shape index (κ3) is 1.70. The number of aliphatic imine (C=N–C) groups is 1. The van der Waals surface area contributed by atoms with Crippen molar-refractivity contribution in [3.05, 3.63) is 48.2 Å². The molecule has 3 rings (SSSR count). The van der Waals surface area contributed by atoms with Crippen molar-refractivity contribution in [1.82, 2.24) is 0 Å². The van der Waals surface area contributed by atoms with E-state index in [4.69, 9.17) is 9.47 Å². The second-order valence-electron chi connectivity index (χ2n) is 4.63. The largest absolute Gasteiger partial charge is 0.492 e. The number of nitrogens with zero attached hydrogens (tertiary/aromatic N) is 1. The lowest BCUT2D eigenvalue weighted by Gasteiger charge is -2.25. The first-order valence-corrected chi connectivity index (χ1v) is 5.87. The van der Waals surface area contributed by atoms with Crippen LogP contribution in [0, 0.1) is 0 Å². The molecule has 0 amide bonds. The Balaban J connectivity index is 1.90. The third-order valence-corrected chi connectivity index (χ3v) is 3.22. The summed E-state index contributed by atoms with van der Waals surface area (Å²) < 4.78 is 10.7. The third-order valence-electron chi connectivity index (χ3n) is 3.22. The standard InChI is InChI=1S/C14H13NO3/c1-14(8-5-9-17-14)11-13(16)18-12(15-11)10-6-3-2-4-7-10/h2-7,9,11H,8H2,1H3. The molecule has 2 aliphatic heterocycles. The molecule has 2 aliphatic rings. The Morgan fingerprint density at radius 3 is 2.78 bits per heavy atom. The maximum absolute atomic E-state index is 11.9. The van der Waals surface area contributed by atoms with Crippen molar-refractivity contribution in [1.29, 1.82) is 0 Å². The van der Waals surface area contributed by atoms with Crippen LogP contribution in [0.15, 0.2) is 47.7 Å². The minimum atomic E-state index is -0.617. The molecule has 0 spiro atoms. The van der Waals surface area contributed by atoms with Gasteiger partial charge in [0.25, 0.3) is 0 Å². The highest BCUT2D eigenvalue weighted by molar-refractivity contribution is 6.06. The summed E-state index contributed by atoms with van der Waals surface area (Å²) >= 11 is 0. The molecule has 2 atom stereocenters. The molecule has 2 unspecified atom stereocenters. The summed E-state index contributed by atoms with van der Waals surface area (Å²) in [6.07, 6.45) is 4.17. The number of rotatable bonds is 2. The van der Waals surface area contributed by atoms with Crippen molar-refractivity contribution in [2.45, 2.75) is 25.0 Å². The van der Waals surface area contributed by atoms with E-state index in [1.54, 1.807) is 6.26 Å². The first kappa shape index (κ1) is 11.0. The van der Waals surface area contributed by atoms with E-state index in [9.17, 15) is 4.79 Å². The number of benzene rings is 1. The van der Waals surface area contributed by atoms with Gasteiger partial charge in [0.1, 0.15) is 5.60 Å². The van der Waals surface area contributed by atoms with Gasteiger partial charge in [-0.1, -0.05) is 18.2 Å². The van der Waals surface area contributed by atoms with Crippen molar-refractivity contribution in [3.8, 4) is 0 Å². The summed E-state index contributed by atoms with van der Waals surface area (Å²) in [5.74, 6) is 0.0300. The van der Waals surface area contributed by atoms with Crippen LogP contribution >= 0.6 is 0 Å².